The van der Waals surface area contributed by atoms with E-state index >= 15 is 0 Å². The van der Waals surface area contributed by atoms with Crippen LogP contribution in [-0.4, -0.2) is 23.1 Å². The van der Waals surface area contributed by atoms with E-state index in [0.29, 0.717) is 29.7 Å². The molecule has 0 amide bonds. The first-order valence-corrected chi connectivity index (χ1v) is 10.7. The fraction of sp³-hybridized carbons (Fsp3) is 0.200. The van der Waals surface area contributed by atoms with Crippen molar-refractivity contribution in [3.8, 4) is 11.5 Å². The molecule has 1 heterocycles. The Labute approximate surface area is 190 Å². The Bertz CT molecular complexity index is 1220. The number of H-pyrrole nitrogens is 1. The lowest BCUT2D eigenvalue weighted by molar-refractivity contribution is -0.481. The fourth-order valence-corrected chi connectivity index (χ4v) is 3.91. The molecule has 0 unspecified atom stereocenters. The Morgan fingerprint density at radius 2 is 1.81 bits per heavy atom. The minimum atomic E-state index is -0.425. The maximum atomic E-state index is 11.5. The van der Waals surface area contributed by atoms with Crippen molar-refractivity contribution in [2.24, 2.45) is 0 Å². The zero-order chi connectivity index (χ0) is 22.5. The summed E-state index contributed by atoms with van der Waals surface area (Å²) in [6, 6.07) is 20.8. The molecule has 6 nitrogen and oxygen atoms in total. The van der Waals surface area contributed by atoms with Crippen molar-refractivity contribution < 1.29 is 14.4 Å². The van der Waals surface area contributed by atoms with Gasteiger partial charge in [-0.05, 0) is 53.9 Å². The summed E-state index contributed by atoms with van der Waals surface area (Å²) in [5.41, 5.74) is 3.61. The standard InChI is InChI=1S/C25H23ClN2O4/c1-2-31-25-13-18(9-12-24(25)32-16-17-7-10-19(26)11-8-17)22(15-28(29)30)21-14-27-23-6-4-3-5-20(21)23/h3-14,22,27H,2,15-16H2,1H3/t22-/m0/s1. The van der Waals surface area contributed by atoms with Crippen molar-refractivity contribution in [1.82, 2.24) is 4.98 Å². The number of aromatic nitrogens is 1. The van der Waals surface area contributed by atoms with Gasteiger partial charge in [0.2, 0.25) is 6.54 Å². The van der Waals surface area contributed by atoms with Crippen LogP contribution >= 0.6 is 11.6 Å². The lowest BCUT2D eigenvalue weighted by Gasteiger charge is -2.17. The third kappa shape index (κ3) is 4.86. The van der Waals surface area contributed by atoms with Crippen LogP contribution in [0.5, 0.6) is 11.5 Å². The summed E-state index contributed by atoms with van der Waals surface area (Å²) in [5, 5.41) is 13.1. The molecule has 4 aromatic rings. The van der Waals surface area contributed by atoms with Crippen LogP contribution in [0.3, 0.4) is 0 Å². The van der Waals surface area contributed by atoms with Crippen LogP contribution in [-0.2, 0) is 6.61 Å². The number of nitrogens with one attached hydrogen (secondary N) is 1. The van der Waals surface area contributed by atoms with Crippen molar-refractivity contribution in [2.45, 2.75) is 19.4 Å². The maximum absolute atomic E-state index is 11.5. The number of nitro groups is 1. The van der Waals surface area contributed by atoms with Crippen LogP contribution < -0.4 is 9.47 Å². The quantitative estimate of drug-likeness (QED) is 0.243. The van der Waals surface area contributed by atoms with E-state index in [1.807, 2.05) is 79.9 Å². The summed E-state index contributed by atoms with van der Waals surface area (Å²) in [7, 11) is 0. The zero-order valence-corrected chi connectivity index (χ0v) is 18.3. The van der Waals surface area contributed by atoms with E-state index in [2.05, 4.69) is 4.98 Å². The molecular formula is C25H23ClN2O4. The molecule has 0 fully saturated rings. The molecule has 1 aromatic heterocycles. The Kier molecular flexibility index (Phi) is 6.61. The molecule has 0 bridgehead atoms. The predicted molar refractivity (Wildman–Crippen MR) is 125 cm³/mol. The van der Waals surface area contributed by atoms with Crippen molar-refractivity contribution in [2.75, 3.05) is 13.2 Å². The highest BCUT2D eigenvalue weighted by atomic mass is 35.5. The third-order valence-electron chi connectivity index (χ3n) is 5.31. The highest BCUT2D eigenvalue weighted by molar-refractivity contribution is 6.30. The summed E-state index contributed by atoms with van der Waals surface area (Å²) in [6.45, 7) is 2.48. The van der Waals surface area contributed by atoms with Gasteiger partial charge in [0.05, 0.1) is 12.5 Å². The van der Waals surface area contributed by atoms with Crippen LogP contribution in [0.4, 0.5) is 0 Å². The molecule has 164 valence electrons. The van der Waals surface area contributed by atoms with Crippen molar-refractivity contribution >= 4 is 22.5 Å². The number of rotatable bonds is 9. The number of fused-ring (bicyclic) bond motifs is 1. The monoisotopic (exact) mass is 450 g/mol. The summed E-state index contributed by atoms with van der Waals surface area (Å²) < 4.78 is 11.8. The highest BCUT2D eigenvalue weighted by Gasteiger charge is 2.24. The average molecular weight is 451 g/mol. The van der Waals surface area contributed by atoms with Gasteiger partial charge in [0.1, 0.15) is 6.61 Å². The molecular weight excluding hydrogens is 428 g/mol. The van der Waals surface area contributed by atoms with E-state index in [1.165, 1.54) is 0 Å². The molecule has 1 N–H and O–H groups in total. The number of hydrogen-bond donors (Lipinski definition) is 1. The molecule has 0 aliphatic rings. The van der Waals surface area contributed by atoms with E-state index in [9.17, 15) is 10.1 Å². The van der Waals surface area contributed by atoms with Gasteiger partial charge < -0.3 is 14.5 Å². The van der Waals surface area contributed by atoms with Gasteiger partial charge in [0.25, 0.3) is 0 Å². The smallest absolute Gasteiger partial charge is 0.214 e. The van der Waals surface area contributed by atoms with Crippen molar-refractivity contribution in [3.05, 3.63) is 105 Å². The second kappa shape index (κ2) is 9.75. The average Bonchev–Trinajstić information content (AvgIpc) is 3.22. The van der Waals surface area contributed by atoms with Gasteiger partial charge in [-0.2, -0.15) is 0 Å². The van der Waals surface area contributed by atoms with Gasteiger partial charge in [0, 0.05) is 27.0 Å². The normalized spacial score (nSPS) is 11.9. The third-order valence-corrected chi connectivity index (χ3v) is 5.56. The molecule has 0 radical (unpaired) electrons. The van der Waals surface area contributed by atoms with Crippen LogP contribution in [0.1, 0.15) is 29.5 Å². The Balaban J connectivity index is 1.66. The molecule has 7 heteroatoms. The second-order valence-electron chi connectivity index (χ2n) is 7.41. The summed E-state index contributed by atoms with van der Waals surface area (Å²) in [5.74, 6) is 0.724. The van der Waals surface area contributed by atoms with E-state index < -0.39 is 5.92 Å². The molecule has 0 saturated carbocycles. The Morgan fingerprint density at radius 3 is 2.56 bits per heavy atom. The molecule has 4 rings (SSSR count). The fourth-order valence-electron chi connectivity index (χ4n) is 3.79. The number of hydrogen-bond acceptors (Lipinski definition) is 4. The number of para-hydroxylation sites is 1. The predicted octanol–water partition coefficient (Wildman–Crippen LogP) is 6.21. The maximum Gasteiger partial charge on any atom is 0.214 e. The molecule has 0 saturated heterocycles. The number of ether oxygens (including phenoxy) is 2. The van der Waals surface area contributed by atoms with Gasteiger partial charge in [-0.25, -0.2) is 0 Å². The van der Waals surface area contributed by atoms with Gasteiger partial charge in [-0.1, -0.05) is 48.0 Å². The van der Waals surface area contributed by atoms with Crippen molar-refractivity contribution in [1.29, 1.82) is 0 Å². The first kappa shape index (κ1) is 21.7. The minimum absolute atomic E-state index is 0.224. The number of halogens is 1. The van der Waals surface area contributed by atoms with E-state index in [1.54, 1.807) is 0 Å². The lowest BCUT2D eigenvalue weighted by Crippen LogP contribution is -2.14. The van der Waals surface area contributed by atoms with Gasteiger partial charge in [-0.15, -0.1) is 0 Å². The molecule has 32 heavy (non-hydrogen) atoms. The topological polar surface area (TPSA) is 77.4 Å². The Morgan fingerprint density at radius 1 is 1.03 bits per heavy atom. The van der Waals surface area contributed by atoms with Gasteiger partial charge >= 0.3 is 0 Å². The molecule has 1 atom stereocenters. The Hall–Kier alpha value is -3.51. The van der Waals surface area contributed by atoms with Crippen LogP contribution in [0.2, 0.25) is 5.02 Å². The van der Waals surface area contributed by atoms with E-state index in [4.69, 9.17) is 21.1 Å². The zero-order valence-electron chi connectivity index (χ0n) is 17.6. The SMILES string of the molecule is CCOc1cc([C@H](C[N+](=O)[O-])c2c[nH]c3ccccc23)ccc1OCc1ccc(Cl)cc1. The largest absolute Gasteiger partial charge is 0.490 e. The molecule has 0 aliphatic heterocycles. The molecule has 0 aliphatic carbocycles. The van der Waals surface area contributed by atoms with Crippen LogP contribution in [0.25, 0.3) is 10.9 Å². The van der Waals surface area contributed by atoms with Crippen LogP contribution in [0.15, 0.2) is 72.9 Å². The van der Waals surface area contributed by atoms with Crippen molar-refractivity contribution in [3.63, 3.8) is 0 Å². The van der Waals surface area contributed by atoms with Gasteiger partial charge in [-0.3, -0.25) is 10.1 Å². The van der Waals surface area contributed by atoms with E-state index in [-0.39, 0.29) is 11.5 Å². The summed E-state index contributed by atoms with van der Waals surface area (Å²) >= 11 is 5.95. The van der Waals surface area contributed by atoms with Gasteiger partial charge in [0.15, 0.2) is 11.5 Å². The number of benzene rings is 3. The second-order valence-corrected chi connectivity index (χ2v) is 7.85. The lowest BCUT2D eigenvalue weighted by atomic mass is 9.90. The first-order valence-electron chi connectivity index (χ1n) is 10.4. The minimum Gasteiger partial charge on any atom is -0.490 e. The highest BCUT2D eigenvalue weighted by Crippen LogP contribution is 2.36. The molecule has 3 aromatic carbocycles. The van der Waals surface area contributed by atoms with E-state index in [0.717, 1.165) is 27.6 Å². The number of nitrogens with zero attached hydrogens (tertiary/aromatic N) is 1. The molecule has 0 spiro atoms. The first-order chi connectivity index (χ1) is 15.5. The summed E-state index contributed by atoms with van der Waals surface area (Å²) in [6.07, 6.45) is 1.85. The number of aromatic amines is 1. The summed E-state index contributed by atoms with van der Waals surface area (Å²) in [4.78, 5) is 14.4. The van der Waals surface area contributed by atoms with Crippen LogP contribution in [0, 0.1) is 10.1 Å².